The van der Waals surface area contributed by atoms with Crippen molar-refractivity contribution in [1.29, 1.82) is 0 Å². The van der Waals surface area contributed by atoms with Crippen molar-refractivity contribution in [2.24, 2.45) is 0 Å². The molecule has 0 aliphatic heterocycles. The Morgan fingerprint density at radius 3 is 2.58 bits per heavy atom. The molecule has 3 aromatic rings. The van der Waals surface area contributed by atoms with E-state index in [1.54, 1.807) is 6.07 Å². The van der Waals surface area contributed by atoms with Gasteiger partial charge in [-0.05, 0) is 48.9 Å². The van der Waals surface area contributed by atoms with E-state index in [1.807, 2.05) is 47.8 Å². The molecule has 0 amide bonds. The lowest BCUT2D eigenvalue weighted by Gasteiger charge is -2.16. The zero-order valence-corrected chi connectivity index (χ0v) is 15.9. The first-order valence-corrected chi connectivity index (χ1v) is 11.1. The minimum absolute atomic E-state index is 0.197. The van der Waals surface area contributed by atoms with Crippen LogP contribution in [0.25, 0.3) is 10.6 Å². The van der Waals surface area contributed by atoms with Gasteiger partial charge in [0.05, 0.1) is 17.1 Å². The third-order valence-corrected chi connectivity index (χ3v) is 6.99. The van der Waals surface area contributed by atoms with Crippen LogP contribution in [0.2, 0.25) is 0 Å². The Morgan fingerprint density at radius 1 is 1.00 bits per heavy atom. The average molecular weight is 385 g/mol. The quantitative estimate of drug-likeness (QED) is 0.718. The molecular weight excluding hydrogens is 364 g/mol. The SMILES string of the molecule is O=S(=O)(NCc1csc(-c2ccccc2)n1)c1ccc2c(c1)CCCC2. The van der Waals surface area contributed by atoms with Crippen LogP contribution in [0, 0.1) is 0 Å². The fourth-order valence-electron chi connectivity index (χ4n) is 3.23. The lowest BCUT2D eigenvalue weighted by atomic mass is 9.92. The fraction of sp³-hybridized carbons (Fsp3) is 0.250. The predicted octanol–water partition coefficient (Wildman–Crippen LogP) is 4.17. The second-order valence-electron chi connectivity index (χ2n) is 6.47. The van der Waals surface area contributed by atoms with Crippen molar-refractivity contribution in [2.75, 3.05) is 0 Å². The van der Waals surface area contributed by atoms with Crippen molar-refractivity contribution < 1.29 is 8.42 Å². The van der Waals surface area contributed by atoms with Crippen LogP contribution in [0.1, 0.15) is 29.7 Å². The van der Waals surface area contributed by atoms with Crippen LogP contribution < -0.4 is 4.72 Å². The van der Waals surface area contributed by atoms with Crippen LogP contribution in [-0.2, 0) is 29.4 Å². The molecular formula is C20H20N2O2S2. The number of hydrogen-bond acceptors (Lipinski definition) is 4. The first-order valence-electron chi connectivity index (χ1n) is 8.73. The molecule has 0 spiro atoms. The molecule has 0 radical (unpaired) electrons. The van der Waals surface area contributed by atoms with Crippen molar-refractivity contribution >= 4 is 21.4 Å². The number of thiazole rings is 1. The molecule has 0 bridgehead atoms. The van der Waals surface area contributed by atoms with E-state index in [2.05, 4.69) is 9.71 Å². The van der Waals surface area contributed by atoms with Gasteiger partial charge in [0.2, 0.25) is 10.0 Å². The number of sulfonamides is 1. The van der Waals surface area contributed by atoms with Crippen LogP contribution >= 0.6 is 11.3 Å². The smallest absolute Gasteiger partial charge is 0.240 e. The highest BCUT2D eigenvalue weighted by Crippen LogP contribution is 2.25. The third-order valence-electron chi connectivity index (χ3n) is 4.65. The second kappa shape index (κ2) is 7.31. The van der Waals surface area contributed by atoms with Crippen molar-refractivity contribution in [3.63, 3.8) is 0 Å². The summed E-state index contributed by atoms with van der Waals surface area (Å²) in [5, 5.41) is 2.80. The van der Waals surface area contributed by atoms with E-state index in [0.29, 0.717) is 4.90 Å². The molecule has 6 heteroatoms. The lowest BCUT2D eigenvalue weighted by Crippen LogP contribution is -2.23. The number of rotatable bonds is 5. The van der Waals surface area contributed by atoms with E-state index < -0.39 is 10.0 Å². The highest BCUT2D eigenvalue weighted by Gasteiger charge is 2.18. The van der Waals surface area contributed by atoms with Gasteiger partial charge in [0.25, 0.3) is 0 Å². The first-order chi connectivity index (χ1) is 12.6. The molecule has 1 heterocycles. The van der Waals surface area contributed by atoms with Crippen molar-refractivity contribution in [1.82, 2.24) is 9.71 Å². The maximum atomic E-state index is 12.6. The Bertz CT molecular complexity index is 1010. The van der Waals surface area contributed by atoms with E-state index in [-0.39, 0.29) is 6.54 Å². The molecule has 4 nitrogen and oxygen atoms in total. The van der Waals surface area contributed by atoms with Crippen LogP contribution in [0.3, 0.4) is 0 Å². The second-order valence-corrected chi connectivity index (χ2v) is 9.10. The maximum Gasteiger partial charge on any atom is 0.240 e. The van der Waals surface area contributed by atoms with Crippen LogP contribution in [-0.4, -0.2) is 13.4 Å². The third kappa shape index (κ3) is 3.72. The van der Waals surface area contributed by atoms with E-state index in [0.717, 1.165) is 35.5 Å². The minimum atomic E-state index is -3.53. The molecule has 1 aromatic heterocycles. The summed E-state index contributed by atoms with van der Waals surface area (Å²) in [4.78, 5) is 4.88. The summed E-state index contributed by atoms with van der Waals surface area (Å²) in [6, 6.07) is 15.4. The molecule has 1 aliphatic rings. The molecule has 0 atom stereocenters. The van der Waals surface area contributed by atoms with E-state index in [4.69, 9.17) is 0 Å². The van der Waals surface area contributed by atoms with E-state index >= 15 is 0 Å². The van der Waals surface area contributed by atoms with Gasteiger partial charge in [0.1, 0.15) is 5.01 Å². The molecule has 0 saturated heterocycles. The molecule has 0 saturated carbocycles. The molecule has 26 heavy (non-hydrogen) atoms. The number of aromatic nitrogens is 1. The van der Waals surface area contributed by atoms with Gasteiger partial charge in [0.15, 0.2) is 0 Å². The van der Waals surface area contributed by atoms with Crippen molar-refractivity contribution in [3.05, 3.63) is 70.7 Å². The van der Waals surface area contributed by atoms with Gasteiger partial charge in [-0.25, -0.2) is 18.1 Å². The Balaban J connectivity index is 1.48. The summed E-state index contributed by atoms with van der Waals surface area (Å²) in [6.45, 7) is 0.197. The summed E-state index contributed by atoms with van der Waals surface area (Å²) in [7, 11) is -3.53. The summed E-state index contributed by atoms with van der Waals surface area (Å²) in [5.41, 5.74) is 4.22. The Morgan fingerprint density at radius 2 is 1.77 bits per heavy atom. The number of nitrogens with zero attached hydrogens (tertiary/aromatic N) is 1. The fourth-order valence-corrected chi connectivity index (χ4v) is 5.11. The lowest BCUT2D eigenvalue weighted by molar-refractivity contribution is 0.580. The number of fused-ring (bicyclic) bond motifs is 1. The van der Waals surface area contributed by atoms with Crippen LogP contribution in [0.4, 0.5) is 0 Å². The highest BCUT2D eigenvalue weighted by atomic mass is 32.2. The maximum absolute atomic E-state index is 12.6. The van der Waals surface area contributed by atoms with Crippen LogP contribution in [0.5, 0.6) is 0 Å². The summed E-state index contributed by atoms with van der Waals surface area (Å²) in [6.07, 6.45) is 4.32. The van der Waals surface area contributed by atoms with Gasteiger partial charge < -0.3 is 0 Å². The Kier molecular flexibility index (Phi) is 4.89. The standard InChI is InChI=1S/C20H20N2O2S2/c23-26(24,19-11-10-15-6-4-5-9-17(15)12-19)21-13-18-14-25-20(22-18)16-7-2-1-3-8-16/h1-3,7-8,10-12,14,21H,4-6,9,13H2. The van der Waals surface area contributed by atoms with E-state index in [9.17, 15) is 8.42 Å². The number of aryl methyl sites for hydroxylation is 2. The van der Waals surface area contributed by atoms with Gasteiger partial charge in [-0.3, -0.25) is 0 Å². The average Bonchev–Trinajstić information content (AvgIpc) is 3.16. The topological polar surface area (TPSA) is 59.1 Å². The monoisotopic (exact) mass is 384 g/mol. The van der Waals surface area contributed by atoms with Gasteiger partial charge in [-0.2, -0.15) is 0 Å². The number of benzene rings is 2. The van der Waals surface area contributed by atoms with E-state index in [1.165, 1.54) is 28.9 Å². The van der Waals surface area contributed by atoms with Gasteiger partial charge in [-0.15, -0.1) is 11.3 Å². The molecule has 1 N–H and O–H groups in total. The Hall–Kier alpha value is -2.02. The zero-order valence-electron chi connectivity index (χ0n) is 14.3. The molecule has 1 aliphatic carbocycles. The van der Waals surface area contributed by atoms with Gasteiger partial charge in [0, 0.05) is 10.9 Å². The first kappa shape index (κ1) is 17.4. The predicted molar refractivity (Wildman–Crippen MR) is 105 cm³/mol. The largest absolute Gasteiger partial charge is 0.240 e. The summed E-state index contributed by atoms with van der Waals surface area (Å²) < 4.78 is 27.9. The number of nitrogens with one attached hydrogen (secondary N) is 1. The summed E-state index contributed by atoms with van der Waals surface area (Å²) in [5.74, 6) is 0. The summed E-state index contributed by atoms with van der Waals surface area (Å²) >= 11 is 1.52. The zero-order chi connectivity index (χ0) is 18.0. The Labute approximate surface area is 158 Å². The molecule has 0 fully saturated rings. The van der Waals surface area contributed by atoms with Crippen molar-refractivity contribution in [3.8, 4) is 10.6 Å². The van der Waals surface area contributed by atoms with Gasteiger partial charge in [-0.1, -0.05) is 36.4 Å². The highest BCUT2D eigenvalue weighted by molar-refractivity contribution is 7.89. The molecule has 134 valence electrons. The van der Waals surface area contributed by atoms with Crippen LogP contribution in [0.15, 0.2) is 58.8 Å². The van der Waals surface area contributed by atoms with Crippen molar-refractivity contribution in [2.45, 2.75) is 37.1 Å². The number of hydrogen-bond donors (Lipinski definition) is 1. The minimum Gasteiger partial charge on any atom is -0.240 e. The normalized spacial score (nSPS) is 14.2. The molecule has 2 aromatic carbocycles. The van der Waals surface area contributed by atoms with Gasteiger partial charge >= 0.3 is 0 Å². The molecule has 0 unspecified atom stereocenters. The molecule has 4 rings (SSSR count).